The molecule has 0 bridgehead atoms. The number of carboxylic acid groups (broad SMARTS) is 1. The van der Waals surface area contributed by atoms with Gasteiger partial charge in [0.05, 0.1) is 16.8 Å². The third-order valence-corrected chi connectivity index (χ3v) is 4.52. The average molecular weight is 315 g/mol. The van der Waals surface area contributed by atoms with E-state index in [0.717, 1.165) is 52.6 Å². The second-order valence-electron chi connectivity index (χ2n) is 6.07. The Labute approximate surface area is 140 Å². The first-order chi connectivity index (χ1) is 11.7. The molecular formula is C21H17NO2. The van der Waals surface area contributed by atoms with Crippen LogP contribution in [0.2, 0.25) is 0 Å². The molecule has 0 amide bonds. The van der Waals surface area contributed by atoms with Gasteiger partial charge in [0.1, 0.15) is 0 Å². The molecule has 1 aliphatic carbocycles. The van der Waals surface area contributed by atoms with Crippen molar-refractivity contribution in [2.24, 2.45) is 0 Å². The Bertz CT molecular complexity index is 958. The van der Waals surface area contributed by atoms with E-state index < -0.39 is 5.97 Å². The number of carboxylic acids is 1. The lowest BCUT2D eigenvalue weighted by Crippen LogP contribution is -2.13. The van der Waals surface area contributed by atoms with Crippen LogP contribution in [0.5, 0.6) is 0 Å². The molecule has 118 valence electrons. The Kier molecular flexibility index (Phi) is 3.62. The third kappa shape index (κ3) is 2.48. The molecule has 24 heavy (non-hydrogen) atoms. The van der Waals surface area contributed by atoms with Gasteiger partial charge in [-0.1, -0.05) is 48.5 Å². The van der Waals surface area contributed by atoms with Crippen molar-refractivity contribution in [3.05, 3.63) is 77.0 Å². The number of pyridine rings is 1. The van der Waals surface area contributed by atoms with E-state index in [1.54, 1.807) is 0 Å². The summed E-state index contributed by atoms with van der Waals surface area (Å²) in [4.78, 5) is 16.7. The molecule has 0 fully saturated rings. The Morgan fingerprint density at radius 3 is 2.54 bits per heavy atom. The van der Waals surface area contributed by atoms with Gasteiger partial charge in [-0.3, -0.25) is 0 Å². The van der Waals surface area contributed by atoms with Crippen LogP contribution in [-0.2, 0) is 6.42 Å². The lowest BCUT2D eigenvalue weighted by molar-refractivity contribution is 0.0697. The molecule has 0 aliphatic heterocycles. The van der Waals surface area contributed by atoms with E-state index in [-0.39, 0.29) is 0 Å². The summed E-state index contributed by atoms with van der Waals surface area (Å²) in [6.45, 7) is 0. The van der Waals surface area contributed by atoms with Crippen LogP contribution >= 0.6 is 0 Å². The third-order valence-electron chi connectivity index (χ3n) is 4.52. The maximum absolute atomic E-state index is 11.9. The number of aromatic carboxylic acids is 1. The van der Waals surface area contributed by atoms with Gasteiger partial charge >= 0.3 is 5.97 Å². The summed E-state index contributed by atoms with van der Waals surface area (Å²) >= 11 is 0. The Morgan fingerprint density at radius 1 is 1.00 bits per heavy atom. The molecule has 1 aromatic heterocycles. The van der Waals surface area contributed by atoms with Crippen LogP contribution in [0.15, 0.2) is 54.6 Å². The van der Waals surface area contributed by atoms with Gasteiger partial charge in [-0.25, -0.2) is 9.78 Å². The number of para-hydroxylation sites is 1. The van der Waals surface area contributed by atoms with Gasteiger partial charge in [-0.15, -0.1) is 0 Å². The minimum Gasteiger partial charge on any atom is -0.478 e. The molecule has 0 unspecified atom stereocenters. The summed E-state index contributed by atoms with van der Waals surface area (Å²) in [5, 5.41) is 10.5. The predicted octanol–water partition coefficient (Wildman–Crippen LogP) is 4.81. The van der Waals surface area contributed by atoms with Crippen molar-refractivity contribution >= 4 is 28.5 Å². The van der Waals surface area contributed by atoms with E-state index in [1.807, 2.05) is 42.5 Å². The highest BCUT2D eigenvalue weighted by atomic mass is 16.4. The Morgan fingerprint density at radius 2 is 1.75 bits per heavy atom. The first kappa shape index (κ1) is 14.6. The molecule has 0 saturated heterocycles. The number of hydrogen-bond donors (Lipinski definition) is 1. The standard InChI is InChI=1S/C21H17NO2/c23-21(24)19-16-10-4-5-12-18(16)22-20-15(9-6-11-17(19)20)13-14-7-2-1-3-8-14/h1-5,7-8,10,12-13H,6,9,11H2,(H,23,24). The number of nitrogens with zero attached hydrogens (tertiary/aromatic N) is 1. The molecule has 1 aliphatic rings. The maximum atomic E-state index is 11.9. The summed E-state index contributed by atoms with van der Waals surface area (Å²) in [6.07, 6.45) is 4.77. The Balaban J connectivity index is 1.98. The number of hydrogen-bond acceptors (Lipinski definition) is 2. The van der Waals surface area contributed by atoms with Crippen molar-refractivity contribution in [1.29, 1.82) is 0 Å². The molecule has 0 saturated carbocycles. The zero-order valence-electron chi connectivity index (χ0n) is 13.2. The molecule has 4 rings (SSSR count). The number of fused-ring (bicyclic) bond motifs is 2. The minimum atomic E-state index is -0.870. The predicted molar refractivity (Wildman–Crippen MR) is 96.0 cm³/mol. The molecule has 3 nitrogen and oxygen atoms in total. The van der Waals surface area contributed by atoms with E-state index in [2.05, 4.69) is 18.2 Å². The fourth-order valence-corrected chi connectivity index (χ4v) is 3.47. The largest absolute Gasteiger partial charge is 0.478 e. The molecule has 3 aromatic rings. The molecule has 0 radical (unpaired) electrons. The summed E-state index contributed by atoms with van der Waals surface area (Å²) in [7, 11) is 0. The quantitative estimate of drug-likeness (QED) is 0.738. The molecule has 0 spiro atoms. The van der Waals surface area contributed by atoms with Gasteiger partial charge in [0.2, 0.25) is 0 Å². The summed E-state index contributed by atoms with van der Waals surface area (Å²) < 4.78 is 0. The van der Waals surface area contributed by atoms with Crippen molar-refractivity contribution in [3.8, 4) is 0 Å². The van der Waals surface area contributed by atoms with Gasteiger partial charge in [-0.05, 0) is 48.1 Å². The molecule has 1 heterocycles. The van der Waals surface area contributed by atoms with Crippen molar-refractivity contribution in [1.82, 2.24) is 4.98 Å². The van der Waals surface area contributed by atoms with Crippen molar-refractivity contribution < 1.29 is 9.90 Å². The van der Waals surface area contributed by atoms with Crippen LogP contribution in [0.4, 0.5) is 0 Å². The van der Waals surface area contributed by atoms with Gasteiger partial charge in [0.25, 0.3) is 0 Å². The van der Waals surface area contributed by atoms with Gasteiger partial charge in [0.15, 0.2) is 0 Å². The number of allylic oxidation sites excluding steroid dienone is 1. The zero-order valence-corrected chi connectivity index (χ0v) is 13.2. The number of rotatable bonds is 2. The number of benzene rings is 2. The molecule has 1 N–H and O–H groups in total. The van der Waals surface area contributed by atoms with E-state index in [1.165, 1.54) is 0 Å². The monoisotopic (exact) mass is 315 g/mol. The van der Waals surface area contributed by atoms with E-state index in [9.17, 15) is 9.90 Å². The average Bonchev–Trinajstić information content (AvgIpc) is 2.61. The van der Waals surface area contributed by atoms with Crippen molar-refractivity contribution in [2.45, 2.75) is 19.3 Å². The summed E-state index contributed by atoms with van der Waals surface area (Å²) in [5.74, 6) is -0.870. The lowest BCUT2D eigenvalue weighted by Gasteiger charge is -2.21. The SMILES string of the molecule is O=C(O)c1c2c(nc3ccccc13)C(=Cc1ccccc1)CCC2. The van der Waals surface area contributed by atoms with Crippen LogP contribution in [0.3, 0.4) is 0 Å². The van der Waals surface area contributed by atoms with Crippen LogP contribution < -0.4 is 0 Å². The van der Waals surface area contributed by atoms with Crippen LogP contribution in [0.25, 0.3) is 22.6 Å². The van der Waals surface area contributed by atoms with Crippen LogP contribution in [-0.4, -0.2) is 16.1 Å². The molecule has 3 heteroatoms. The fourth-order valence-electron chi connectivity index (χ4n) is 3.47. The lowest BCUT2D eigenvalue weighted by atomic mass is 9.86. The highest BCUT2D eigenvalue weighted by Crippen LogP contribution is 2.36. The topological polar surface area (TPSA) is 50.2 Å². The second-order valence-corrected chi connectivity index (χ2v) is 6.07. The van der Waals surface area contributed by atoms with Crippen LogP contribution in [0.1, 0.15) is 40.0 Å². The van der Waals surface area contributed by atoms with Gasteiger partial charge < -0.3 is 5.11 Å². The van der Waals surface area contributed by atoms with E-state index in [0.29, 0.717) is 5.56 Å². The highest BCUT2D eigenvalue weighted by molar-refractivity contribution is 6.05. The first-order valence-corrected chi connectivity index (χ1v) is 8.15. The summed E-state index contributed by atoms with van der Waals surface area (Å²) in [5.41, 5.74) is 5.11. The first-order valence-electron chi connectivity index (χ1n) is 8.15. The molecular weight excluding hydrogens is 298 g/mol. The fraction of sp³-hybridized carbons (Fsp3) is 0.143. The highest BCUT2D eigenvalue weighted by Gasteiger charge is 2.24. The van der Waals surface area contributed by atoms with Gasteiger partial charge in [-0.2, -0.15) is 0 Å². The van der Waals surface area contributed by atoms with E-state index >= 15 is 0 Å². The smallest absolute Gasteiger partial charge is 0.336 e. The second kappa shape index (κ2) is 5.93. The maximum Gasteiger partial charge on any atom is 0.336 e. The van der Waals surface area contributed by atoms with Crippen molar-refractivity contribution in [2.75, 3.05) is 0 Å². The summed E-state index contributed by atoms with van der Waals surface area (Å²) in [6, 6.07) is 17.6. The molecule has 0 atom stereocenters. The van der Waals surface area contributed by atoms with E-state index in [4.69, 9.17) is 4.98 Å². The zero-order chi connectivity index (χ0) is 16.5. The number of aromatic nitrogens is 1. The van der Waals surface area contributed by atoms with Crippen LogP contribution in [0, 0.1) is 0 Å². The Hall–Kier alpha value is -2.94. The van der Waals surface area contributed by atoms with Crippen molar-refractivity contribution in [3.63, 3.8) is 0 Å². The minimum absolute atomic E-state index is 0.411. The number of carbonyl (C=O) groups is 1. The molecule has 2 aromatic carbocycles. The van der Waals surface area contributed by atoms with Gasteiger partial charge in [0, 0.05) is 5.39 Å². The normalized spacial score (nSPS) is 15.4.